The highest BCUT2D eigenvalue weighted by Crippen LogP contribution is 2.18. The highest BCUT2D eigenvalue weighted by Gasteiger charge is 2.18. The number of fused-ring (bicyclic) bond motifs is 1. The minimum Gasteiger partial charge on any atom is -0.462 e. The number of hydrogen-bond donors (Lipinski definition) is 1. The highest BCUT2D eigenvalue weighted by molar-refractivity contribution is 7.17. The van der Waals surface area contributed by atoms with Crippen LogP contribution in [0.1, 0.15) is 28.4 Å². The summed E-state index contributed by atoms with van der Waals surface area (Å²) in [4.78, 5) is 51.1. The summed E-state index contributed by atoms with van der Waals surface area (Å²) < 4.78 is 7.75. The number of esters is 1. The second kappa shape index (κ2) is 9.48. The average molecular weight is 478 g/mol. The number of anilines is 1. The molecular formula is C25H23N3O5S. The van der Waals surface area contributed by atoms with E-state index in [4.69, 9.17) is 4.74 Å². The van der Waals surface area contributed by atoms with Gasteiger partial charge in [-0.15, -0.1) is 11.3 Å². The van der Waals surface area contributed by atoms with Crippen molar-refractivity contribution >= 4 is 39.1 Å². The summed E-state index contributed by atoms with van der Waals surface area (Å²) >= 11 is 1.22. The number of rotatable bonds is 6. The van der Waals surface area contributed by atoms with Gasteiger partial charge in [0.2, 0.25) is 5.91 Å². The second-order valence-corrected chi connectivity index (χ2v) is 8.67. The maximum Gasteiger partial charge on any atom is 0.338 e. The first kappa shape index (κ1) is 23.2. The van der Waals surface area contributed by atoms with Gasteiger partial charge in [0, 0.05) is 5.69 Å². The van der Waals surface area contributed by atoms with Crippen LogP contribution in [0.25, 0.3) is 15.9 Å². The molecule has 2 heterocycles. The molecule has 1 amide bonds. The van der Waals surface area contributed by atoms with Crippen LogP contribution in [0.5, 0.6) is 0 Å². The number of carbonyl (C=O) groups is 2. The molecule has 0 atom stereocenters. The molecule has 0 radical (unpaired) electrons. The third-order valence-corrected chi connectivity index (χ3v) is 6.38. The summed E-state index contributed by atoms with van der Waals surface area (Å²) in [6.07, 6.45) is 0. The van der Waals surface area contributed by atoms with Gasteiger partial charge in [0.05, 0.1) is 23.4 Å². The van der Waals surface area contributed by atoms with E-state index in [1.54, 1.807) is 54.8 Å². The van der Waals surface area contributed by atoms with Gasteiger partial charge in [0.15, 0.2) is 0 Å². The summed E-state index contributed by atoms with van der Waals surface area (Å²) in [6, 6.07) is 13.3. The standard InChI is InChI=1S/C25H23N3O5S/c1-4-33-24(31)17-6-8-18(9-7-17)26-21(29)14-27-20-11-12-34-22(20)23(30)28(25(27)32)19-10-5-15(2)16(3)13-19/h5-13H,4,14H2,1-3H3,(H,26,29). The Hall–Kier alpha value is -3.98. The largest absolute Gasteiger partial charge is 0.462 e. The Morgan fingerprint density at radius 1 is 1.00 bits per heavy atom. The van der Waals surface area contributed by atoms with Gasteiger partial charge in [-0.05, 0) is 79.7 Å². The van der Waals surface area contributed by atoms with E-state index in [0.29, 0.717) is 27.2 Å². The molecule has 0 bridgehead atoms. The van der Waals surface area contributed by atoms with Crippen LogP contribution in [0.2, 0.25) is 0 Å². The third-order valence-electron chi connectivity index (χ3n) is 5.48. The molecule has 0 aliphatic carbocycles. The van der Waals surface area contributed by atoms with Crippen LogP contribution >= 0.6 is 11.3 Å². The summed E-state index contributed by atoms with van der Waals surface area (Å²) in [5.74, 6) is -0.885. The van der Waals surface area contributed by atoms with Gasteiger partial charge in [-0.1, -0.05) is 6.07 Å². The van der Waals surface area contributed by atoms with Gasteiger partial charge >= 0.3 is 11.7 Å². The Bertz CT molecular complexity index is 1510. The molecule has 0 fully saturated rings. The zero-order chi connectivity index (χ0) is 24.4. The Kier molecular flexibility index (Phi) is 6.47. The van der Waals surface area contributed by atoms with E-state index < -0.39 is 23.1 Å². The van der Waals surface area contributed by atoms with E-state index in [1.165, 1.54) is 15.9 Å². The Morgan fingerprint density at radius 2 is 1.74 bits per heavy atom. The minimum absolute atomic E-state index is 0.271. The first-order valence-electron chi connectivity index (χ1n) is 10.7. The monoisotopic (exact) mass is 477 g/mol. The van der Waals surface area contributed by atoms with Crippen LogP contribution in [-0.2, 0) is 16.1 Å². The first-order chi connectivity index (χ1) is 16.3. The van der Waals surface area contributed by atoms with Gasteiger partial charge in [0.25, 0.3) is 5.56 Å². The molecule has 1 N–H and O–H groups in total. The average Bonchev–Trinajstić information content (AvgIpc) is 3.30. The van der Waals surface area contributed by atoms with Gasteiger partial charge in [-0.25, -0.2) is 14.2 Å². The van der Waals surface area contributed by atoms with Crippen LogP contribution in [0.3, 0.4) is 0 Å². The van der Waals surface area contributed by atoms with Gasteiger partial charge in [-0.3, -0.25) is 14.2 Å². The number of aryl methyl sites for hydroxylation is 2. The summed E-state index contributed by atoms with van der Waals surface area (Å²) in [5, 5.41) is 4.45. The summed E-state index contributed by atoms with van der Waals surface area (Å²) in [5.41, 5.74) is 2.70. The number of nitrogens with one attached hydrogen (secondary N) is 1. The SMILES string of the molecule is CCOC(=O)c1ccc(NC(=O)Cn2c(=O)n(-c3ccc(C)c(C)c3)c(=O)c3sccc32)cc1. The van der Waals surface area contributed by atoms with Crippen molar-refractivity contribution in [2.75, 3.05) is 11.9 Å². The Labute approximate surface area is 199 Å². The van der Waals surface area contributed by atoms with Crippen molar-refractivity contribution in [2.24, 2.45) is 0 Å². The topological polar surface area (TPSA) is 99.4 Å². The molecule has 0 saturated heterocycles. The third kappa shape index (κ3) is 4.42. The van der Waals surface area contributed by atoms with Crippen LogP contribution in [0.4, 0.5) is 5.69 Å². The second-order valence-electron chi connectivity index (χ2n) is 7.76. The lowest BCUT2D eigenvalue weighted by atomic mass is 10.1. The van der Waals surface area contributed by atoms with Crippen LogP contribution in [0.15, 0.2) is 63.5 Å². The van der Waals surface area contributed by atoms with Gasteiger partial charge < -0.3 is 10.1 Å². The van der Waals surface area contributed by atoms with Gasteiger partial charge in [-0.2, -0.15) is 0 Å². The van der Waals surface area contributed by atoms with E-state index in [-0.39, 0.29) is 13.2 Å². The zero-order valence-electron chi connectivity index (χ0n) is 19.0. The first-order valence-corrected chi connectivity index (χ1v) is 11.6. The number of nitrogens with zero attached hydrogens (tertiary/aromatic N) is 2. The fraction of sp³-hybridized carbons (Fsp3) is 0.200. The summed E-state index contributed by atoms with van der Waals surface area (Å²) in [7, 11) is 0. The molecule has 0 unspecified atom stereocenters. The van der Waals surface area contributed by atoms with Crippen molar-refractivity contribution in [1.29, 1.82) is 0 Å². The minimum atomic E-state index is -0.591. The molecule has 0 saturated carbocycles. The molecule has 34 heavy (non-hydrogen) atoms. The van der Waals surface area contributed by atoms with Gasteiger partial charge in [0.1, 0.15) is 11.2 Å². The number of ether oxygens (including phenoxy) is 1. The number of thiophene rings is 1. The van der Waals surface area contributed by atoms with E-state index >= 15 is 0 Å². The maximum absolute atomic E-state index is 13.4. The normalized spacial score (nSPS) is 10.9. The van der Waals surface area contributed by atoms with E-state index in [2.05, 4.69) is 5.32 Å². The molecule has 2 aromatic carbocycles. The smallest absolute Gasteiger partial charge is 0.338 e. The molecular weight excluding hydrogens is 454 g/mol. The number of hydrogen-bond acceptors (Lipinski definition) is 6. The van der Waals surface area contributed by atoms with E-state index in [9.17, 15) is 19.2 Å². The van der Waals surface area contributed by atoms with Crippen molar-refractivity contribution < 1.29 is 14.3 Å². The molecule has 0 aliphatic heterocycles. The lowest BCUT2D eigenvalue weighted by molar-refractivity contribution is -0.116. The molecule has 2 aromatic heterocycles. The number of carbonyl (C=O) groups excluding carboxylic acids is 2. The quantitative estimate of drug-likeness (QED) is 0.428. The van der Waals surface area contributed by atoms with Crippen molar-refractivity contribution in [3.05, 3.63) is 91.4 Å². The maximum atomic E-state index is 13.4. The number of amides is 1. The predicted octanol–water partition coefficient (Wildman–Crippen LogP) is 3.65. The van der Waals surface area contributed by atoms with Crippen molar-refractivity contribution in [3.8, 4) is 5.69 Å². The molecule has 0 spiro atoms. The summed E-state index contributed by atoms with van der Waals surface area (Å²) in [6.45, 7) is 5.57. The van der Waals surface area contributed by atoms with Crippen molar-refractivity contribution in [1.82, 2.24) is 9.13 Å². The lowest BCUT2D eigenvalue weighted by Crippen LogP contribution is -2.40. The molecule has 4 rings (SSSR count). The highest BCUT2D eigenvalue weighted by atomic mass is 32.1. The number of benzene rings is 2. The van der Waals surface area contributed by atoms with Crippen LogP contribution < -0.4 is 16.6 Å². The predicted molar refractivity (Wildman–Crippen MR) is 132 cm³/mol. The molecule has 174 valence electrons. The fourth-order valence-electron chi connectivity index (χ4n) is 3.58. The van der Waals surface area contributed by atoms with Crippen molar-refractivity contribution in [2.45, 2.75) is 27.3 Å². The van der Waals surface area contributed by atoms with Crippen molar-refractivity contribution in [3.63, 3.8) is 0 Å². The van der Waals surface area contributed by atoms with Crippen LogP contribution in [-0.4, -0.2) is 27.6 Å². The zero-order valence-corrected chi connectivity index (χ0v) is 19.8. The lowest BCUT2D eigenvalue weighted by Gasteiger charge is -2.13. The van der Waals surface area contributed by atoms with E-state index in [0.717, 1.165) is 15.7 Å². The van der Waals surface area contributed by atoms with Crippen LogP contribution in [0, 0.1) is 13.8 Å². The Balaban J connectivity index is 1.67. The fourth-order valence-corrected chi connectivity index (χ4v) is 4.40. The number of aromatic nitrogens is 2. The molecule has 9 heteroatoms. The molecule has 0 aliphatic rings. The molecule has 4 aromatic rings. The Morgan fingerprint density at radius 3 is 2.41 bits per heavy atom. The van der Waals surface area contributed by atoms with E-state index in [1.807, 2.05) is 19.9 Å². The molecule has 8 nitrogen and oxygen atoms in total.